The third-order valence-electron chi connectivity index (χ3n) is 15.8. The number of unbranched alkanes of at least 4 members (excludes halogenated alkanes) is 28. The van der Waals surface area contributed by atoms with Crippen LogP contribution in [0.15, 0.2) is 109 Å². The minimum absolute atomic E-state index is 0.0835. The van der Waals surface area contributed by atoms with Crippen molar-refractivity contribution in [2.45, 2.75) is 329 Å². The van der Waals surface area contributed by atoms with Crippen LogP contribution in [-0.4, -0.2) is 96.7 Å². The van der Waals surface area contributed by atoms with Crippen molar-refractivity contribution in [2.24, 2.45) is 0 Å². The van der Waals surface area contributed by atoms with Gasteiger partial charge in [0.2, 0.25) is 0 Å². The number of aliphatic hydroxyl groups is 1. The monoisotopic (exact) mass is 1420 g/mol. The summed E-state index contributed by atoms with van der Waals surface area (Å²) >= 11 is 0. The molecule has 0 aromatic heterocycles. The number of allylic oxidation sites excluding steroid dienone is 17. The van der Waals surface area contributed by atoms with Gasteiger partial charge in [-0.15, -0.1) is 0 Å². The van der Waals surface area contributed by atoms with Crippen LogP contribution in [0.1, 0.15) is 310 Å². The summed E-state index contributed by atoms with van der Waals surface area (Å²) in [7, 11) is -9.98. The Morgan fingerprint density at radius 3 is 0.949 bits per heavy atom. The molecule has 5 unspecified atom stereocenters. The van der Waals surface area contributed by atoms with Crippen LogP contribution in [0.4, 0.5) is 0 Å². The van der Waals surface area contributed by atoms with E-state index < -0.39 is 97.5 Å². The topological polar surface area (TPSA) is 237 Å². The molecular weight excluding hydrogens is 1280 g/mol. The van der Waals surface area contributed by atoms with E-state index in [1.54, 1.807) is 12.2 Å². The van der Waals surface area contributed by atoms with Crippen LogP contribution in [0.25, 0.3) is 0 Å². The summed E-state index contributed by atoms with van der Waals surface area (Å²) in [6, 6.07) is 0. The molecule has 0 heterocycles. The number of phosphoric acid groups is 2. The molecule has 0 rings (SSSR count). The molecule has 17 nitrogen and oxygen atoms in total. The molecule has 0 spiro atoms. The van der Waals surface area contributed by atoms with E-state index in [0.29, 0.717) is 25.7 Å². The molecule has 0 fully saturated rings. The number of aliphatic hydroxyl groups excluding tert-OH is 1. The maximum absolute atomic E-state index is 13.1. The first-order valence-electron chi connectivity index (χ1n) is 38.1. The van der Waals surface area contributed by atoms with Gasteiger partial charge in [0.1, 0.15) is 19.3 Å². The Balaban J connectivity index is 5.38. The van der Waals surface area contributed by atoms with Crippen molar-refractivity contribution in [1.29, 1.82) is 0 Å². The van der Waals surface area contributed by atoms with Gasteiger partial charge in [-0.05, 0) is 103 Å². The van der Waals surface area contributed by atoms with Gasteiger partial charge in [0.15, 0.2) is 12.2 Å². The maximum atomic E-state index is 13.1. The minimum Gasteiger partial charge on any atom is -0.462 e. The fraction of sp³-hybridized carbons (Fsp3) is 0.722. The van der Waals surface area contributed by atoms with E-state index in [2.05, 4.69) is 113 Å². The highest BCUT2D eigenvalue weighted by Gasteiger charge is 2.30. The molecule has 5 atom stereocenters. The molecule has 0 amide bonds. The van der Waals surface area contributed by atoms with Gasteiger partial charge in [0, 0.05) is 19.3 Å². The SMILES string of the molecule is CC/C=C\C/C=C\C/C=C\C/C=C\C/C=C\CC(=O)OC(COC(=O)CCCCCCCCC/C=C\C/C=C\C/C=C\CC)COP(=O)(O)OCC(O)COP(=O)(O)OCC(COC(=O)CCCCCCCCCCCCCCCCC)OC(=O)CCCCCCC/C=C\CCCC. The highest BCUT2D eigenvalue weighted by molar-refractivity contribution is 7.47. The summed E-state index contributed by atoms with van der Waals surface area (Å²) in [5.41, 5.74) is 0. The number of hydrogen-bond donors (Lipinski definition) is 3. The van der Waals surface area contributed by atoms with E-state index in [9.17, 15) is 43.2 Å². The van der Waals surface area contributed by atoms with E-state index in [4.69, 9.17) is 37.0 Å². The molecule has 0 aliphatic heterocycles. The van der Waals surface area contributed by atoms with Crippen LogP contribution in [0.5, 0.6) is 0 Å². The fourth-order valence-corrected chi connectivity index (χ4v) is 11.6. The van der Waals surface area contributed by atoms with Gasteiger partial charge in [-0.1, -0.05) is 291 Å². The Morgan fingerprint density at radius 2 is 0.582 bits per heavy atom. The standard InChI is InChI=1S/C79H136O17P2/c1-5-9-13-17-21-25-29-32-35-36-39-41-45-48-52-56-60-64-77(82)90-70-75(96-79(84)66-62-58-54-50-46-42-38-34-31-27-23-19-15-11-7-3)72-94-98(87,88)92-68-73(80)67-91-97(85,86)93-71-74(95-78(83)65-61-57-53-49-43-28-24-20-16-12-8-4)69-89-76(81)63-59-55-51-47-44-40-37-33-30-26-22-18-14-10-6-2/h9,11,13,15,20-21,23-25,27,32,34-35,38,46,50,58,62,73-75,80H,5-8,10,12,14,16-19,22,26,28-31,33,36-37,39-45,47-49,51-57,59-61,63-72H2,1-4H3,(H,85,86)(H,87,88)/b13-9-,15-11-,24-20-,25-21-,27-23-,35-32-,38-34-,50-46-,62-58-. The van der Waals surface area contributed by atoms with Gasteiger partial charge < -0.3 is 33.8 Å². The third kappa shape index (κ3) is 70.2. The number of carbonyl (C=O) groups excluding carboxylic acids is 4. The Bertz CT molecular complexity index is 2290. The zero-order valence-corrected chi connectivity index (χ0v) is 63.2. The first-order valence-corrected chi connectivity index (χ1v) is 41.1. The second-order valence-corrected chi connectivity index (χ2v) is 28.1. The number of rotatable bonds is 71. The number of ether oxygens (including phenoxy) is 4. The summed E-state index contributed by atoms with van der Waals surface area (Å²) in [6.45, 7) is 4.49. The van der Waals surface area contributed by atoms with E-state index in [0.717, 1.165) is 148 Å². The average Bonchev–Trinajstić information content (AvgIpc) is 0.980. The quantitative estimate of drug-likeness (QED) is 0.0169. The van der Waals surface area contributed by atoms with Crippen molar-refractivity contribution in [3.8, 4) is 0 Å². The third-order valence-corrected chi connectivity index (χ3v) is 17.7. The molecule has 0 aliphatic carbocycles. The summed E-state index contributed by atoms with van der Waals surface area (Å²) in [5.74, 6) is -2.33. The number of carbonyl (C=O) groups is 4. The lowest BCUT2D eigenvalue weighted by atomic mass is 10.0. The molecule has 0 aromatic carbocycles. The Kier molecular flexibility index (Phi) is 68.0. The van der Waals surface area contributed by atoms with Gasteiger partial charge in [0.25, 0.3) is 0 Å². The van der Waals surface area contributed by atoms with E-state index in [1.165, 1.54) is 83.5 Å². The Hall–Kier alpha value is -4.28. The van der Waals surface area contributed by atoms with E-state index in [1.807, 2.05) is 12.2 Å². The second kappa shape index (κ2) is 71.1. The molecule has 19 heteroatoms. The second-order valence-electron chi connectivity index (χ2n) is 25.2. The smallest absolute Gasteiger partial charge is 0.462 e. The Morgan fingerprint density at radius 1 is 0.306 bits per heavy atom. The van der Waals surface area contributed by atoms with Crippen molar-refractivity contribution in [1.82, 2.24) is 0 Å². The minimum atomic E-state index is -5.00. The predicted molar refractivity (Wildman–Crippen MR) is 399 cm³/mol. The summed E-state index contributed by atoms with van der Waals surface area (Å²) in [4.78, 5) is 72.7. The first kappa shape index (κ1) is 93.7. The van der Waals surface area contributed by atoms with Crippen LogP contribution in [0, 0.1) is 0 Å². The molecule has 0 radical (unpaired) electrons. The van der Waals surface area contributed by atoms with Crippen molar-refractivity contribution in [3.63, 3.8) is 0 Å². The maximum Gasteiger partial charge on any atom is 0.472 e. The molecule has 0 saturated heterocycles. The molecular formula is C79H136O17P2. The lowest BCUT2D eigenvalue weighted by Gasteiger charge is -2.21. The summed E-state index contributed by atoms with van der Waals surface area (Å²) in [5, 5.41) is 10.6. The zero-order valence-electron chi connectivity index (χ0n) is 61.4. The van der Waals surface area contributed by atoms with Crippen LogP contribution >= 0.6 is 15.6 Å². The number of phosphoric ester groups is 2. The van der Waals surface area contributed by atoms with E-state index in [-0.39, 0.29) is 25.7 Å². The molecule has 98 heavy (non-hydrogen) atoms. The van der Waals surface area contributed by atoms with Crippen molar-refractivity contribution < 1.29 is 80.2 Å². The predicted octanol–water partition coefficient (Wildman–Crippen LogP) is 21.8. The van der Waals surface area contributed by atoms with Gasteiger partial charge in [0.05, 0.1) is 32.8 Å². The normalized spacial score (nSPS) is 14.6. The van der Waals surface area contributed by atoms with Crippen molar-refractivity contribution >= 4 is 39.5 Å². The number of esters is 4. The number of hydrogen-bond acceptors (Lipinski definition) is 15. The van der Waals surface area contributed by atoms with Gasteiger partial charge >= 0.3 is 39.5 Å². The molecule has 3 N–H and O–H groups in total. The fourth-order valence-electron chi connectivity index (χ4n) is 10.00. The molecule has 0 aromatic rings. The van der Waals surface area contributed by atoms with E-state index >= 15 is 0 Å². The Labute approximate surface area is 594 Å². The van der Waals surface area contributed by atoms with Gasteiger partial charge in [-0.3, -0.25) is 37.3 Å². The van der Waals surface area contributed by atoms with Crippen molar-refractivity contribution in [2.75, 3.05) is 39.6 Å². The molecule has 0 bridgehead atoms. The van der Waals surface area contributed by atoms with Crippen LogP contribution < -0.4 is 0 Å². The highest BCUT2D eigenvalue weighted by atomic mass is 31.2. The zero-order chi connectivity index (χ0) is 71.8. The molecule has 0 saturated carbocycles. The summed E-state index contributed by atoms with van der Waals surface area (Å²) < 4.78 is 68.3. The molecule has 564 valence electrons. The van der Waals surface area contributed by atoms with Crippen LogP contribution in [-0.2, 0) is 65.4 Å². The van der Waals surface area contributed by atoms with Crippen LogP contribution in [0.2, 0.25) is 0 Å². The van der Waals surface area contributed by atoms with Crippen molar-refractivity contribution in [3.05, 3.63) is 109 Å². The van der Waals surface area contributed by atoms with Gasteiger partial charge in [-0.2, -0.15) is 0 Å². The average molecular weight is 1420 g/mol. The molecule has 0 aliphatic rings. The summed E-state index contributed by atoms with van der Waals surface area (Å²) in [6.07, 6.45) is 75.5. The lowest BCUT2D eigenvalue weighted by molar-refractivity contribution is -0.161. The van der Waals surface area contributed by atoms with Crippen LogP contribution in [0.3, 0.4) is 0 Å². The highest BCUT2D eigenvalue weighted by Crippen LogP contribution is 2.45. The largest absolute Gasteiger partial charge is 0.472 e. The van der Waals surface area contributed by atoms with Gasteiger partial charge in [-0.25, -0.2) is 9.13 Å². The first-order chi connectivity index (χ1) is 47.7. The lowest BCUT2D eigenvalue weighted by Crippen LogP contribution is -2.30.